The van der Waals surface area contributed by atoms with E-state index in [1.54, 1.807) is 19.1 Å². The number of nitrogens with zero attached hydrogens (tertiary/aromatic N) is 1. The van der Waals surface area contributed by atoms with Crippen molar-refractivity contribution in [2.75, 3.05) is 27.9 Å². The van der Waals surface area contributed by atoms with Crippen LogP contribution in [0.1, 0.15) is 5.56 Å². The van der Waals surface area contributed by atoms with Gasteiger partial charge in [-0.2, -0.15) is 0 Å². The smallest absolute Gasteiger partial charge is 0.241 e. The molecule has 0 aromatic heterocycles. The number of carbonyl (C=O) groups is 1. The van der Waals surface area contributed by atoms with E-state index < -0.39 is 6.04 Å². The summed E-state index contributed by atoms with van der Waals surface area (Å²) in [6.07, 6.45) is 0. The zero-order valence-electron chi connectivity index (χ0n) is 11.5. The molecule has 0 fully saturated rings. The van der Waals surface area contributed by atoms with Crippen LogP contribution < -0.4 is 10.5 Å². The summed E-state index contributed by atoms with van der Waals surface area (Å²) in [6, 6.07) is 6.95. The highest BCUT2D eigenvalue weighted by Crippen LogP contribution is 2.18. The Balaban J connectivity index is 0.00000324. The summed E-state index contributed by atoms with van der Waals surface area (Å²) in [5.74, 6) is 0.611. The lowest BCUT2D eigenvalue weighted by Crippen LogP contribution is -2.44. The first-order chi connectivity index (χ1) is 8.60. The number of halogens is 1. The molecule has 0 spiro atoms. The van der Waals surface area contributed by atoms with Gasteiger partial charge in [0.15, 0.2) is 0 Å². The molecule has 1 rings (SSSR count). The number of hydrogen-bond acceptors (Lipinski definition) is 4. The molecule has 0 heterocycles. The molecule has 0 radical (unpaired) electrons. The number of ether oxygens (including phenoxy) is 2. The number of likely N-dealkylation sites (N-methyl/N-ethyl adjacent to an activating group) is 1. The molecule has 1 unspecified atom stereocenters. The van der Waals surface area contributed by atoms with E-state index in [4.69, 9.17) is 15.2 Å². The molecular weight excluding hydrogens is 268 g/mol. The Kier molecular flexibility index (Phi) is 8.14. The molecule has 2 N–H and O–H groups in total. The normalized spacial score (nSPS) is 11.4. The monoisotopic (exact) mass is 288 g/mol. The van der Waals surface area contributed by atoms with Crippen molar-refractivity contribution in [2.24, 2.45) is 5.73 Å². The van der Waals surface area contributed by atoms with Crippen LogP contribution in [0.4, 0.5) is 0 Å². The van der Waals surface area contributed by atoms with Crippen molar-refractivity contribution < 1.29 is 14.3 Å². The molecule has 0 saturated heterocycles. The fraction of sp³-hybridized carbons (Fsp3) is 0.462. The summed E-state index contributed by atoms with van der Waals surface area (Å²) < 4.78 is 10.1. The van der Waals surface area contributed by atoms with Gasteiger partial charge in [0.05, 0.1) is 13.7 Å². The minimum Gasteiger partial charge on any atom is -0.496 e. The lowest BCUT2D eigenvalue weighted by molar-refractivity contribution is -0.133. The fourth-order valence-electron chi connectivity index (χ4n) is 1.70. The summed E-state index contributed by atoms with van der Waals surface area (Å²) in [7, 11) is 4.84. The van der Waals surface area contributed by atoms with E-state index in [0.29, 0.717) is 6.54 Å². The molecule has 0 aliphatic heterocycles. The van der Waals surface area contributed by atoms with Gasteiger partial charge >= 0.3 is 0 Å². The van der Waals surface area contributed by atoms with E-state index in [9.17, 15) is 4.79 Å². The maximum absolute atomic E-state index is 11.9. The molecule has 0 bridgehead atoms. The average molecular weight is 289 g/mol. The first-order valence-corrected chi connectivity index (χ1v) is 5.71. The number of para-hydroxylation sites is 1. The van der Waals surface area contributed by atoms with Crippen molar-refractivity contribution >= 4 is 18.3 Å². The van der Waals surface area contributed by atoms with E-state index in [-0.39, 0.29) is 24.9 Å². The summed E-state index contributed by atoms with van der Waals surface area (Å²) in [5.41, 5.74) is 6.65. The summed E-state index contributed by atoms with van der Waals surface area (Å²) in [4.78, 5) is 13.5. The molecule has 19 heavy (non-hydrogen) atoms. The van der Waals surface area contributed by atoms with Gasteiger partial charge in [-0.3, -0.25) is 4.79 Å². The number of methoxy groups -OCH3 is 2. The van der Waals surface area contributed by atoms with Crippen molar-refractivity contribution in [3.63, 3.8) is 0 Å². The Morgan fingerprint density at radius 2 is 2.00 bits per heavy atom. The molecule has 1 amide bonds. The molecule has 1 atom stereocenters. The lowest BCUT2D eigenvalue weighted by atomic mass is 10.2. The third-order valence-corrected chi connectivity index (χ3v) is 2.64. The minimum absolute atomic E-state index is 0. The van der Waals surface area contributed by atoms with E-state index in [1.807, 2.05) is 24.3 Å². The van der Waals surface area contributed by atoms with Crippen LogP contribution in [-0.4, -0.2) is 44.7 Å². The zero-order valence-corrected chi connectivity index (χ0v) is 12.3. The topological polar surface area (TPSA) is 64.8 Å². The summed E-state index contributed by atoms with van der Waals surface area (Å²) in [5, 5.41) is 0. The predicted octanol–water partition coefficient (Wildman–Crippen LogP) is 1.05. The van der Waals surface area contributed by atoms with Crippen LogP contribution in [0.2, 0.25) is 0 Å². The molecule has 0 saturated carbocycles. The number of benzene rings is 1. The Morgan fingerprint density at radius 1 is 1.37 bits per heavy atom. The summed E-state index contributed by atoms with van der Waals surface area (Å²) >= 11 is 0. The van der Waals surface area contributed by atoms with Crippen molar-refractivity contribution in [1.29, 1.82) is 0 Å². The number of carbonyl (C=O) groups excluding carboxylic acids is 1. The van der Waals surface area contributed by atoms with Gasteiger partial charge in [-0.25, -0.2) is 0 Å². The SMILES string of the molecule is COCC(N)C(=O)N(C)Cc1ccccc1OC.Cl. The van der Waals surface area contributed by atoms with E-state index in [2.05, 4.69) is 0 Å². The number of nitrogens with two attached hydrogens (primary N) is 1. The molecule has 6 heteroatoms. The van der Waals surface area contributed by atoms with Gasteiger partial charge in [0.25, 0.3) is 0 Å². The molecular formula is C13H21ClN2O3. The van der Waals surface area contributed by atoms with Gasteiger partial charge in [0.2, 0.25) is 5.91 Å². The van der Waals surface area contributed by atoms with Crippen LogP contribution in [0, 0.1) is 0 Å². The van der Waals surface area contributed by atoms with Crippen LogP contribution in [0.5, 0.6) is 5.75 Å². The Labute approximate surface area is 120 Å². The van der Waals surface area contributed by atoms with Crippen LogP contribution in [0.15, 0.2) is 24.3 Å². The van der Waals surface area contributed by atoms with Crippen molar-refractivity contribution in [1.82, 2.24) is 4.90 Å². The maximum Gasteiger partial charge on any atom is 0.241 e. The average Bonchev–Trinajstić information content (AvgIpc) is 2.38. The summed E-state index contributed by atoms with van der Waals surface area (Å²) in [6.45, 7) is 0.676. The maximum atomic E-state index is 11.9. The predicted molar refractivity (Wildman–Crippen MR) is 76.6 cm³/mol. The third-order valence-electron chi connectivity index (χ3n) is 2.64. The molecule has 0 aliphatic rings. The van der Waals surface area contributed by atoms with Crippen molar-refractivity contribution in [3.8, 4) is 5.75 Å². The highest BCUT2D eigenvalue weighted by Gasteiger charge is 2.18. The first-order valence-electron chi connectivity index (χ1n) is 5.71. The van der Waals surface area contributed by atoms with Crippen LogP contribution in [-0.2, 0) is 16.1 Å². The van der Waals surface area contributed by atoms with Crippen LogP contribution in [0.25, 0.3) is 0 Å². The lowest BCUT2D eigenvalue weighted by Gasteiger charge is -2.21. The molecule has 0 aliphatic carbocycles. The Bertz CT molecular complexity index is 401. The molecule has 108 valence electrons. The second-order valence-corrected chi connectivity index (χ2v) is 4.07. The molecule has 5 nitrogen and oxygen atoms in total. The van der Waals surface area contributed by atoms with Crippen molar-refractivity contribution in [2.45, 2.75) is 12.6 Å². The van der Waals surface area contributed by atoms with Gasteiger partial charge in [0, 0.05) is 26.3 Å². The third kappa shape index (κ3) is 5.06. The molecule has 1 aromatic carbocycles. The highest BCUT2D eigenvalue weighted by molar-refractivity contribution is 5.85. The zero-order chi connectivity index (χ0) is 13.5. The van der Waals surface area contributed by atoms with Gasteiger partial charge in [-0.05, 0) is 6.07 Å². The van der Waals surface area contributed by atoms with E-state index >= 15 is 0 Å². The quantitative estimate of drug-likeness (QED) is 0.850. The van der Waals surface area contributed by atoms with Gasteiger partial charge in [-0.1, -0.05) is 18.2 Å². The standard InChI is InChI=1S/C13H20N2O3.ClH/c1-15(13(16)11(14)9-17-2)8-10-6-4-5-7-12(10)18-3;/h4-7,11H,8-9,14H2,1-3H3;1H. The Hall–Kier alpha value is -1.30. The Morgan fingerprint density at radius 3 is 2.58 bits per heavy atom. The second-order valence-electron chi connectivity index (χ2n) is 4.07. The van der Waals surface area contributed by atoms with Gasteiger partial charge in [0.1, 0.15) is 11.8 Å². The highest BCUT2D eigenvalue weighted by atomic mass is 35.5. The van der Waals surface area contributed by atoms with Gasteiger partial charge in [-0.15, -0.1) is 12.4 Å². The number of amides is 1. The van der Waals surface area contributed by atoms with E-state index in [0.717, 1.165) is 11.3 Å². The minimum atomic E-state index is -0.630. The number of hydrogen-bond donors (Lipinski definition) is 1. The number of rotatable bonds is 6. The largest absolute Gasteiger partial charge is 0.496 e. The second kappa shape index (κ2) is 8.74. The van der Waals surface area contributed by atoms with Crippen LogP contribution in [0.3, 0.4) is 0 Å². The van der Waals surface area contributed by atoms with Gasteiger partial charge < -0.3 is 20.1 Å². The van der Waals surface area contributed by atoms with Crippen LogP contribution >= 0.6 is 12.4 Å². The van der Waals surface area contributed by atoms with E-state index in [1.165, 1.54) is 7.11 Å². The first kappa shape index (κ1) is 17.7. The fourth-order valence-corrected chi connectivity index (χ4v) is 1.70. The molecule has 1 aromatic rings. The van der Waals surface area contributed by atoms with Crippen molar-refractivity contribution in [3.05, 3.63) is 29.8 Å².